The van der Waals surface area contributed by atoms with Crippen molar-refractivity contribution in [1.82, 2.24) is 4.57 Å². The van der Waals surface area contributed by atoms with E-state index in [9.17, 15) is 5.26 Å². The molecule has 0 saturated heterocycles. The third-order valence-corrected chi connectivity index (χ3v) is 3.18. The van der Waals surface area contributed by atoms with Gasteiger partial charge in [-0.25, -0.2) is 0 Å². The van der Waals surface area contributed by atoms with Gasteiger partial charge in [0.25, 0.3) is 0 Å². The minimum absolute atomic E-state index is 0.672. The first-order chi connectivity index (χ1) is 8.81. The maximum absolute atomic E-state index is 9.30. The molecule has 3 rings (SSSR count). The summed E-state index contributed by atoms with van der Waals surface area (Å²) in [6.07, 6.45) is 0. The number of para-hydroxylation sites is 2. The first kappa shape index (κ1) is 10.6. The van der Waals surface area contributed by atoms with Crippen molar-refractivity contribution in [2.24, 2.45) is 0 Å². The SMILES string of the molecule is Cc1ccccc1-n1c(C#N)cc2ccccc21. The highest BCUT2D eigenvalue weighted by atomic mass is 15.0. The third-order valence-electron chi connectivity index (χ3n) is 3.18. The van der Waals surface area contributed by atoms with Gasteiger partial charge in [0.1, 0.15) is 11.8 Å². The number of nitriles is 1. The molecule has 0 saturated carbocycles. The van der Waals surface area contributed by atoms with Gasteiger partial charge in [-0.1, -0.05) is 36.4 Å². The summed E-state index contributed by atoms with van der Waals surface area (Å²) in [5.74, 6) is 0. The quantitative estimate of drug-likeness (QED) is 0.627. The third kappa shape index (κ3) is 1.49. The largest absolute Gasteiger partial charge is 0.301 e. The minimum Gasteiger partial charge on any atom is -0.301 e. The molecular formula is C16H12N2. The lowest BCUT2D eigenvalue weighted by Gasteiger charge is -2.10. The molecule has 0 aliphatic carbocycles. The van der Waals surface area contributed by atoms with E-state index in [0.717, 1.165) is 22.2 Å². The van der Waals surface area contributed by atoms with Crippen LogP contribution in [-0.2, 0) is 0 Å². The number of rotatable bonds is 1. The van der Waals surface area contributed by atoms with Gasteiger partial charge in [-0.05, 0) is 30.7 Å². The first-order valence-corrected chi connectivity index (χ1v) is 5.88. The maximum atomic E-state index is 9.30. The average molecular weight is 232 g/mol. The predicted octanol–water partition coefficient (Wildman–Crippen LogP) is 3.81. The van der Waals surface area contributed by atoms with Gasteiger partial charge in [0, 0.05) is 11.1 Å². The van der Waals surface area contributed by atoms with Crippen LogP contribution >= 0.6 is 0 Å². The van der Waals surface area contributed by atoms with Gasteiger partial charge in [-0.3, -0.25) is 0 Å². The Bertz CT molecular complexity index is 760. The molecule has 1 aromatic heterocycles. The maximum Gasteiger partial charge on any atom is 0.125 e. The van der Waals surface area contributed by atoms with Gasteiger partial charge in [-0.2, -0.15) is 5.26 Å². The summed E-state index contributed by atoms with van der Waals surface area (Å²) >= 11 is 0. The Labute approximate surface area is 106 Å². The summed E-state index contributed by atoms with van der Waals surface area (Å²) < 4.78 is 2.02. The Kier molecular flexibility index (Phi) is 2.39. The first-order valence-electron chi connectivity index (χ1n) is 5.88. The molecule has 0 fully saturated rings. The molecule has 0 aliphatic rings. The van der Waals surface area contributed by atoms with E-state index in [1.54, 1.807) is 0 Å². The number of nitrogens with zero attached hydrogens (tertiary/aromatic N) is 2. The number of hydrogen-bond acceptors (Lipinski definition) is 1. The minimum atomic E-state index is 0.672. The number of hydrogen-bond donors (Lipinski definition) is 0. The summed E-state index contributed by atoms with van der Waals surface area (Å²) in [6, 6.07) is 20.4. The molecule has 2 nitrogen and oxygen atoms in total. The standard InChI is InChI=1S/C16H12N2/c1-12-6-2-4-8-15(12)18-14(11-17)10-13-7-3-5-9-16(13)18/h2-10H,1H3. The molecule has 0 aliphatic heterocycles. The fourth-order valence-electron chi connectivity index (χ4n) is 2.31. The summed E-state index contributed by atoms with van der Waals surface area (Å²) in [5.41, 5.74) is 3.97. The van der Waals surface area contributed by atoms with Gasteiger partial charge in [0.2, 0.25) is 0 Å². The molecule has 0 unspecified atom stereocenters. The van der Waals surface area contributed by atoms with Gasteiger partial charge in [0.05, 0.1) is 5.52 Å². The Hall–Kier alpha value is -2.53. The Balaban J connectivity index is 2.42. The van der Waals surface area contributed by atoms with Crippen molar-refractivity contribution < 1.29 is 0 Å². The van der Waals surface area contributed by atoms with Crippen molar-refractivity contribution in [3.05, 3.63) is 65.9 Å². The molecular weight excluding hydrogens is 220 g/mol. The second-order valence-corrected chi connectivity index (χ2v) is 4.32. The van der Waals surface area contributed by atoms with Crippen LogP contribution in [0.3, 0.4) is 0 Å². The predicted molar refractivity (Wildman–Crippen MR) is 72.7 cm³/mol. The van der Waals surface area contributed by atoms with Crippen LogP contribution in [0, 0.1) is 18.3 Å². The van der Waals surface area contributed by atoms with Crippen molar-refractivity contribution in [3.8, 4) is 11.8 Å². The second kappa shape index (κ2) is 4.05. The van der Waals surface area contributed by atoms with Crippen molar-refractivity contribution in [2.75, 3.05) is 0 Å². The summed E-state index contributed by atoms with van der Waals surface area (Å²) in [4.78, 5) is 0. The van der Waals surface area contributed by atoms with Gasteiger partial charge in [-0.15, -0.1) is 0 Å². The van der Waals surface area contributed by atoms with Crippen LogP contribution in [0.25, 0.3) is 16.6 Å². The molecule has 18 heavy (non-hydrogen) atoms. The highest BCUT2D eigenvalue weighted by molar-refractivity contribution is 5.84. The number of aromatic nitrogens is 1. The van der Waals surface area contributed by atoms with Crippen LogP contribution < -0.4 is 0 Å². The van der Waals surface area contributed by atoms with Crippen molar-refractivity contribution in [3.63, 3.8) is 0 Å². The van der Waals surface area contributed by atoms with E-state index in [1.807, 2.05) is 53.1 Å². The number of fused-ring (bicyclic) bond motifs is 1. The van der Waals surface area contributed by atoms with Crippen LogP contribution in [0.1, 0.15) is 11.3 Å². The molecule has 0 bridgehead atoms. The topological polar surface area (TPSA) is 28.7 Å². The molecule has 2 heteroatoms. The van der Waals surface area contributed by atoms with Gasteiger partial charge >= 0.3 is 0 Å². The van der Waals surface area contributed by atoms with E-state index in [0.29, 0.717) is 5.69 Å². The highest BCUT2D eigenvalue weighted by Gasteiger charge is 2.10. The lowest BCUT2D eigenvalue weighted by Crippen LogP contribution is -1.98. The molecule has 0 spiro atoms. The van der Waals surface area contributed by atoms with Crippen LogP contribution in [0.2, 0.25) is 0 Å². The van der Waals surface area contributed by atoms with Crippen LogP contribution in [0.4, 0.5) is 0 Å². The van der Waals surface area contributed by atoms with Crippen molar-refractivity contribution in [1.29, 1.82) is 5.26 Å². The fraction of sp³-hybridized carbons (Fsp3) is 0.0625. The molecule has 0 N–H and O–H groups in total. The molecule has 3 aromatic rings. The molecule has 86 valence electrons. The fourth-order valence-corrected chi connectivity index (χ4v) is 2.31. The van der Waals surface area contributed by atoms with Gasteiger partial charge < -0.3 is 4.57 Å². The van der Waals surface area contributed by atoms with E-state index in [-0.39, 0.29) is 0 Å². The smallest absolute Gasteiger partial charge is 0.125 e. The lowest BCUT2D eigenvalue weighted by atomic mass is 10.2. The summed E-state index contributed by atoms with van der Waals surface area (Å²) in [6.45, 7) is 2.06. The zero-order valence-corrected chi connectivity index (χ0v) is 10.1. The monoisotopic (exact) mass is 232 g/mol. The van der Waals surface area contributed by atoms with E-state index in [2.05, 4.69) is 19.1 Å². The van der Waals surface area contributed by atoms with E-state index in [4.69, 9.17) is 0 Å². The average Bonchev–Trinajstić information content (AvgIpc) is 2.78. The second-order valence-electron chi connectivity index (χ2n) is 4.32. The van der Waals surface area contributed by atoms with Crippen molar-refractivity contribution in [2.45, 2.75) is 6.92 Å². The highest BCUT2D eigenvalue weighted by Crippen LogP contribution is 2.25. The number of benzene rings is 2. The summed E-state index contributed by atoms with van der Waals surface area (Å²) in [5, 5.41) is 10.4. The Morgan fingerprint density at radius 3 is 2.50 bits per heavy atom. The number of aryl methyl sites for hydroxylation is 1. The molecule has 0 radical (unpaired) electrons. The molecule has 2 aromatic carbocycles. The van der Waals surface area contributed by atoms with Gasteiger partial charge in [0.15, 0.2) is 0 Å². The zero-order chi connectivity index (χ0) is 12.5. The van der Waals surface area contributed by atoms with Crippen molar-refractivity contribution >= 4 is 10.9 Å². The normalized spacial score (nSPS) is 10.4. The molecule has 0 atom stereocenters. The Morgan fingerprint density at radius 1 is 1.00 bits per heavy atom. The Morgan fingerprint density at radius 2 is 1.72 bits per heavy atom. The van der Waals surface area contributed by atoms with Crippen LogP contribution in [0.5, 0.6) is 0 Å². The lowest BCUT2D eigenvalue weighted by molar-refractivity contribution is 1.07. The summed E-state index contributed by atoms with van der Waals surface area (Å²) in [7, 11) is 0. The zero-order valence-electron chi connectivity index (χ0n) is 10.1. The van der Waals surface area contributed by atoms with Crippen LogP contribution in [0.15, 0.2) is 54.6 Å². The molecule has 0 amide bonds. The molecule has 1 heterocycles. The van der Waals surface area contributed by atoms with E-state index >= 15 is 0 Å². The van der Waals surface area contributed by atoms with E-state index in [1.165, 1.54) is 0 Å². The van der Waals surface area contributed by atoms with Crippen LogP contribution in [-0.4, -0.2) is 4.57 Å². The van der Waals surface area contributed by atoms with E-state index < -0.39 is 0 Å².